The van der Waals surface area contributed by atoms with E-state index < -0.39 is 0 Å². The van der Waals surface area contributed by atoms with Crippen LogP contribution >= 0.6 is 0 Å². The Morgan fingerprint density at radius 2 is 1.79 bits per heavy atom. The molecule has 0 atom stereocenters. The summed E-state index contributed by atoms with van der Waals surface area (Å²) in [7, 11) is 0. The van der Waals surface area contributed by atoms with Crippen LogP contribution in [0.2, 0.25) is 0 Å². The van der Waals surface area contributed by atoms with Gasteiger partial charge in [0.2, 0.25) is 0 Å². The molecule has 0 aliphatic rings. The summed E-state index contributed by atoms with van der Waals surface area (Å²) >= 11 is 0. The topological polar surface area (TPSA) is 94.7 Å². The van der Waals surface area contributed by atoms with E-state index in [9.17, 15) is 9.90 Å². The summed E-state index contributed by atoms with van der Waals surface area (Å²) in [5.41, 5.74) is 2.88. The van der Waals surface area contributed by atoms with Gasteiger partial charge in [0.1, 0.15) is 17.2 Å². The molecule has 0 amide bonds. The molecular weight excluding hydrogens is 304 g/mol. The second-order valence-corrected chi connectivity index (χ2v) is 5.46. The fourth-order valence-corrected chi connectivity index (χ4v) is 2.66. The highest BCUT2D eigenvalue weighted by atomic mass is 16.3. The normalized spacial score (nSPS) is 11.0. The van der Waals surface area contributed by atoms with Gasteiger partial charge in [0.05, 0.1) is 17.5 Å². The number of ketones is 1. The molecule has 4 rings (SSSR count). The van der Waals surface area contributed by atoms with Crippen LogP contribution in [0.1, 0.15) is 16.3 Å². The van der Waals surface area contributed by atoms with Crippen molar-refractivity contribution in [2.24, 2.45) is 0 Å². The Labute approximate surface area is 137 Å². The van der Waals surface area contributed by atoms with E-state index in [4.69, 9.17) is 0 Å². The maximum atomic E-state index is 12.5. The number of carbonyl (C=O) groups is 1. The lowest BCUT2D eigenvalue weighted by Gasteiger charge is -1.98. The smallest absolute Gasteiger partial charge is 0.191 e. The number of aromatic nitrogens is 4. The number of imidazole rings is 1. The monoisotopic (exact) mass is 318 g/mol. The summed E-state index contributed by atoms with van der Waals surface area (Å²) in [6.45, 7) is 0. The van der Waals surface area contributed by atoms with Crippen LogP contribution in [0.15, 0.2) is 54.6 Å². The van der Waals surface area contributed by atoms with Crippen LogP contribution in [-0.2, 0) is 6.42 Å². The molecule has 0 bridgehead atoms. The lowest BCUT2D eigenvalue weighted by molar-refractivity contribution is 0.0984. The van der Waals surface area contributed by atoms with E-state index in [0.29, 0.717) is 11.5 Å². The predicted molar refractivity (Wildman–Crippen MR) is 89.8 cm³/mol. The molecule has 6 nitrogen and oxygen atoms in total. The molecule has 4 aromatic rings. The average molecular weight is 318 g/mol. The molecular formula is C18H14N4O2. The van der Waals surface area contributed by atoms with Crippen molar-refractivity contribution < 1.29 is 9.90 Å². The van der Waals surface area contributed by atoms with Crippen LogP contribution in [0.4, 0.5) is 0 Å². The zero-order chi connectivity index (χ0) is 16.5. The maximum Gasteiger partial charge on any atom is 0.191 e. The summed E-state index contributed by atoms with van der Waals surface area (Å²) in [4.78, 5) is 20.0. The number of nitrogens with one attached hydrogen (secondary N) is 2. The minimum Gasteiger partial charge on any atom is -0.504 e. The molecule has 0 aliphatic carbocycles. The van der Waals surface area contributed by atoms with Crippen molar-refractivity contribution in [2.45, 2.75) is 6.42 Å². The van der Waals surface area contributed by atoms with Gasteiger partial charge in [0.15, 0.2) is 11.5 Å². The van der Waals surface area contributed by atoms with Crippen molar-refractivity contribution >= 4 is 16.8 Å². The second kappa shape index (κ2) is 5.66. The van der Waals surface area contributed by atoms with Gasteiger partial charge in [-0.15, -0.1) is 0 Å². The molecule has 2 aromatic heterocycles. The lowest BCUT2D eigenvalue weighted by atomic mass is 10.1. The van der Waals surface area contributed by atoms with Crippen LogP contribution in [0.25, 0.3) is 22.3 Å². The van der Waals surface area contributed by atoms with Crippen molar-refractivity contribution in [1.82, 2.24) is 20.2 Å². The molecule has 0 saturated heterocycles. The molecule has 2 heterocycles. The number of hydrogen-bond acceptors (Lipinski definition) is 4. The number of H-pyrrole nitrogens is 2. The summed E-state index contributed by atoms with van der Waals surface area (Å²) in [5.74, 6) is 0.139. The molecule has 6 heteroatoms. The molecule has 0 spiro atoms. The number of nitrogens with zero attached hydrogens (tertiary/aromatic N) is 2. The first-order valence-electron chi connectivity index (χ1n) is 7.52. The van der Waals surface area contributed by atoms with Gasteiger partial charge in [-0.1, -0.05) is 42.5 Å². The number of rotatable bonds is 4. The first kappa shape index (κ1) is 14.2. The molecule has 118 valence electrons. The predicted octanol–water partition coefficient (Wildman–Crippen LogP) is 3.08. The number of Topliss-reactive ketones (excluding diaryl/α,β-unsaturated/α-hetero) is 1. The van der Waals surface area contributed by atoms with E-state index in [0.717, 1.165) is 16.6 Å². The van der Waals surface area contributed by atoms with Crippen molar-refractivity contribution in [2.75, 3.05) is 0 Å². The van der Waals surface area contributed by atoms with Gasteiger partial charge in [0.25, 0.3) is 0 Å². The quantitative estimate of drug-likeness (QED) is 0.504. The highest BCUT2D eigenvalue weighted by Gasteiger charge is 2.20. The van der Waals surface area contributed by atoms with Crippen LogP contribution in [-0.4, -0.2) is 31.1 Å². The zero-order valence-electron chi connectivity index (χ0n) is 12.7. The largest absolute Gasteiger partial charge is 0.504 e. The Kier molecular flexibility index (Phi) is 3.35. The van der Waals surface area contributed by atoms with Gasteiger partial charge in [0, 0.05) is 5.56 Å². The van der Waals surface area contributed by atoms with Gasteiger partial charge >= 0.3 is 0 Å². The van der Waals surface area contributed by atoms with Crippen molar-refractivity contribution in [3.8, 4) is 17.0 Å². The third-order valence-corrected chi connectivity index (χ3v) is 3.83. The summed E-state index contributed by atoms with van der Waals surface area (Å²) < 4.78 is 0. The first-order valence-corrected chi connectivity index (χ1v) is 7.52. The third-order valence-electron chi connectivity index (χ3n) is 3.83. The Morgan fingerprint density at radius 1 is 1.04 bits per heavy atom. The highest BCUT2D eigenvalue weighted by Crippen LogP contribution is 2.30. The van der Waals surface area contributed by atoms with E-state index >= 15 is 0 Å². The molecule has 0 saturated carbocycles. The maximum absolute atomic E-state index is 12.5. The summed E-state index contributed by atoms with van der Waals surface area (Å²) in [6.07, 6.45) is 0.0542. The summed E-state index contributed by atoms with van der Waals surface area (Å²) in [5, 5.41) is 17.0. The standard InChI is InChI=1S/C18H14N4O2/c23-14(10-15-19-12-8-4-5-9-13(12)20-15)17-18(24)16(21-22-17)11-6-2-1-3-7-11/h1-9,24H,10H2,(H,19,20)(H,21,22). The molecule has 2 aromatic carbocycles. The van der Waals surface area contributed by atoms with Gasteiger partial charge in [-0.25, -0.2) is 4.98 Å². The second-order valence-electron chi connectivity index (χ2n) is 5.46. The van der Waals surface area contributed by atoms with Crippen LogP contribution < -0.4 is 0 Å². The van der Waals surface area contributed by atoms with Crippen LogP contribution in [0.3, 0.4) is 0 Å². The fourth-order valence-electron chi connectivity index (χ4n) is 2.66. The van der Waals surface area contributed by atoms with E-state index in [1.807, 2.05) is 54.6 Å². The molecule has 24 heavy (non-hydrogen) atoms. The molecule has 0 fully saturated rings. The average Bonchev–Trinajstić information content (AvgIpc) is 3.18. The van der Waals surface area contributed by atoms with Gasteiger partial charge in [-0.2, -0.15) is 5.10 Å². The fraction of sp³-hybridized carbons (Fsp3) is 0.0556. The first-order chi connectivity index (χ1) is 11.7. The minimum absolute atomic E-state index is 0.0542. The van der Waals surface area contributed by atoms with E-state index in [1.54, 1.807) is 0 Å². The number of benzene rings is 2. The van der Waals surface area contributed by atoms with Crippen molar-refractivity contribution in [3.05, 3.63) is 66.1 Å². The Bertz CT molecular complexity index is 985. The third kappa shape index (κ3) is 2.44. The SMILES string of the molecule is O=C(Cc1nc2ccccc2[nH]1)c1[nH]nc(-c2ccccc2)c1O. The van der Waals surface area contributed by atoms with Crippen molar-refractivity contribution in [1.29, 1.82) is 0 Å². The lowest BCUT2D eigenvalue weighted by Crippen LogP contribution is -2.05. The number of para-hydroxylation sites is 2. The van der Waals surface area contributed by atoms with Gasteiger partial charge < -0.3 is 10.1 Å². The molecule has 0 unspecified atom stereocenters. The number of aromatic hydroxyl groups is 1. The summed E-state index contributed by atoms with van der Waals surface area (Å²) in [6, 6.07) is 16.8. The molecule has 0 aliphatic heterocycles. The van der Waals surface area contributed by atoms with Crippen LogP contribution in [0.5, 0.6) is 5.75 Å². The Hall–Kier alpha value is -3.41. The number of fused-ring (bicyclic) bond motifs is 1. The van der Waals surface area contributed by atoms with E-state index in [-0.39, 0.29) is 23.6 Å². The number of hydrogen-bond donors (Lipinski definition) is 3. The number of carbonyl (C=O) groups excluding carboxylic acids is 1. The zero-order valence-corrected chi connectivity index (χ0v) is 12.7. The highest BCUT2D eigenvalue weighted by molar-refractivity contribution is 5.99. The van der Waals surface area contributed by atoms with Crippen molar-refractivity contribution in [3.63, 3.8) is 0 Å². The number of aromatic amines is 2. The molecule has 0 radical (unpaired) electrons. The Balaban J connectivity index is 1.62. The van der Waals surface area contributed by atoms with Crippen LogP contribution in [0, 0.1) is 0 Å². The van der Waals surface area contributed by atoms with E-state index in [2.05, 4.69) is 20.2 Å². The minimum atomic E-state index is -0.277. The molecule has 3 N–H and O–H groups in total. The van der Waals surface area contributed by atoms with Gasteiger partial charge in [-0.3, -0.25) is 9.89 Å². The van der Waals surface area contributed by atoms with Gasteiger partial charge in [-0.05, 0) is 12.1 Å². The van der Waals surface area contributed by atoms with E-state index in [1.165, 1.54) is 0 Å². The Morgan fingerprint density at radius 3 is 2.58 bits per heavy atom.